The summed E-state index contributed by atoms with van der Waals surface area (Å²) in [5.41, 5.74) is 8.28. The molecule has 0 spiro atoms. The number of nitro groups is 1. The van der Waals surface area contributed by atoms with Crippen LogP contribution in [0.1, 0.15) is 5.56 Å². The fraction of sp³-hybridized carbons (Fsp3) is 0.0833. The number of fused-ring (bicyclic) bond motifs is 3. The predicted molar refractivity (Wildman–Crippen MR) is 126 cm³/mol. The normalized spacial score (nSPS) is 11.2. The fourth-order valence-corrected chi connectivity index (χ4v) is 3.97. The van der Waals surface area contributed by atoms with Crippen LogP contribution in [0.5, 0.6) is 5.75 Å². The Balaban J connectivity index is 1.81. The van der Waals surface area contributed by atoms with Crippen LogP contribution in [0.2, 0.25) is 0 Å². The molecule has 0 aliphatic carbocycles. The number of rotatable bonds is 5. The van der Waals surface area contributed by atoms with Crippen molar-refractivity contribution < 1.29 is 9.66 Å². The average molecular weight is 441 g/mol. The molecule has 0 atom stereocenters. The molecule has 9 heteroatoms. The van der Waals surface area contributed by atoms with Crippen LogP contribution >= 0.6 is 0 Å². The van der Waals surface area contributed by atoms with E-state index in [0.717, 1.165) is 5.56 Å². The standard InChI is InChI=1S/C24H19N5O4/c1-33-18-10-7-15(8-11-18)14-27-20-13-17(29(31)32)9-12-19(20)22-21(24(27)30)23(25)28(26-22)16-5-3-2-4-6-16/h2-13H,14,25H2,1H3. The highest BCUT2D eigenvalue weighted by atomic mass is 16.6. The SMILES string of the molecule is COc1ccc(Cn2c(=O)c3c(N)n(-c4ccccc4)nc3c3ccc([N+](=O)[O-])cc32)cc1. The number of nitrogens with two attached hydrogens (primary N) is 1. The van der Waals surface area contributed by atoms with Crippen molar-refractivity contribution in [2.45, 2.75) is 6.54 Å². The van der Waals surface area contributed by atoms with E-state index < -0.39 is 4.92 Å². The fourth-order valence-electron chi connectivity index (χ4n) is 3.97. The maximum atomic E-state index is 13.7. The number of hydrogen-bond donors (Lipinski definition) is 1. The smallest absolute Gasteiger partial charge is 0.271 e. The lowest BCUT2D eigenvalue weighted by atomic mass is 10.1. The number of nitrogen functional groups attached to an aromatic ring is 1. The predicted octanol–water partition coefficient (Wildman–Crippen LogP) is 3.89. The molecule has 2 heterocycles. The quantitative estimate of drug-likeness (QED) is 0.327. The summed E-state index contributed by atoms with van der Waals surface area (Å²) in [6, 6.07) is 21.0. The van der Waals surface area contributed by atoms with Gasteiger partial charge in [0.1, 0.15) is 22.5 Å². The van der Waals surface area contributed by atoms with Crippen molar-refractivity contribution in [1.29, 1.82) is 0 Å². The molecule has 33 heavy (non-hydrogen) atoms. The van der Waals surface area contributed by atoms with E-state index in [1.807, 2.05) is 42.5 Å². The molecule has 5 rings (SSSR count). The summed E-state index contributed by atoms with van der Waals surface area (Å²) < 4.78 is 8.22. The van der Waals surface area contributed by atoms with Gasteiger partial charge in [-0.05, 0) is 35.9 Å². The summed E-state index contributed by atoms with van der Waals surface area (Å²) in [5, 5.41) is 16.9. The van der Waals surface area contributed by atoms with Gasteiger partial charge in [0.05, 0.1) is 29.8 Å². The van der Waals surface area contributed by atoms with Crippen LogP contribution in [0.15, 0.2) is 77.6 Å². The third kappa shape index (κ3) is 3.35. The molecule has 0 radical (unpaired) electrons. The van der Waals surface area contributed by atoms with Crippen LogP contribution < -0.4 is 16.0 Å². The van der Waals surface area contributed by atoms with E-state index in [9.17, 15) is 14.9 Å². The second kappa shape index (κ2) is 7.79. The number of anilines is 1. The second-order valence-corrected chi connectivity index (χ2v) is 7.55. The topological polar surface area (TPSA) is 118 Å². The van der Waals surface area contributed by atoms with Crippen molar-refractivity contribution in [1.82, 2.24) is 14.3 Å². The van der Waals surface area contributed by atoms with Gasteiger partial charge in [-0.25, -0.2) is 4.68 Å². The molecule has 2 N–H and O–H groups in total. The van der Waals surface area contributed by atoms with Crippen LogP contribution in [-0.4, -0.2) is 26.4 Å². The largest absolute Gasteiger partial charge is 0.497 e. The van der Waals surface area contributed by atoms with Gasteiger partial charge in [0, 0.05) is 17.5 Å². The molecule has 0 saturated heterocycles. The molecule has 3 aromatic carbocycles. The van der Waals surface area contributed by atoms with Crippen molar-refractivity contribution in [2.75, 3.05) is 12.8 Å². The minimum absolute atomic E-state index is 0.111. The first kappa shape index (κ1) is 20.3. The Morgan fingerprint density at radius 1 is 1.06 bits per heavy atom. The first-order chi connectivity index (χ1) is 16.0. The Kier molecular flexibility index (Phi) is 4.78. The molecular formula is C24H19N5O4. The zero-order chi connectivity index (χ0) is 23.1. The number of para-hydroxylation sites is 1. The second-order valence-electron chi connectivity index (χ2n) is 7.55. The number of nitrogens with zero attached hydrogens (tertiary/aromatic N) is 4. The third-order valence-corrected chi connectivity index (χ3v) is 5.62. The van der Waals surface area contributed by atoms with Gasteiger partial charge < -0.3 is 15.0 Å². The number of pyridine rings is 1. The van der Waals surface area contributed by atoms with Crippen LogP contribution in [0, 0.1) is 10.1 Å². The first-order valence-corrected chi connectivity index (χ1v) is 10.2. The van der Waals surface area contributed by atoms with E-state index in [-0.39, 0.29) is 29.0 Å². The highest BCUT2D eigenvalue weighted by Crippen LogP contribution is 2.30. The van der Waals surface area contributed by atoms with E-state index >= 15 is 0 Å². The molecule has 5 aromatic rings. The maximum Gasteiger partial charge on any atom is 0.271 e. The van der Waals surface area contributed by atoms with Crippen LogP contribution in [0.4, 0.5) is 11.5 Å². The van der Waals surface area contributed by atoms with Crippen molar-refractivity contribution in [3.8, 4) is 11.4 Å². The van der Waals surface area contributed by atoms with Gasteiger partial charge in [-0.15, -0.1) is 0 Å². The number of non-ortho nitro benzene ring substituents is 1. The summed E-state index contributed by atoms with van der Waals surface area (Å²) in [5.74, 6) is 0.903. The molecule has 0 amide bonds. The number of nitro benzene ring substituents is 1. The van der Waals surface area contributed by atoms with E-state index in [1.165, 1.54) is 21.4 Å². The van der Waals surface area contributed by atoms with E-state index in [4.69, 9.17) is 10.5 Å². The van der Waals surface area contributed by atoms with Crippen molar-refractivity contribution >= 4 is 33.3 Å². The van der Waals surface area contributed by atoms with Gasteiger partial charge in [-0.2, -0.15) is 5.10 Å². The number of aromatic nitrogens is 3. The summed E-state index contributed by atoms with van der Waals surface area (Å²) >= 11 is 0. The summed E-state index contributed by atoms with van der Waals surface area (Å²) in [6.45, 7) is 0.201. The van der Waals surface area contributed by atoms with Crippen LogP contribution in [-0.2, 0) is 6.54 Å². The Hall–Kier alpha value is -4.66. The Labute approximate surface area is 187 Å². The van der Waals surface area contributed by atoms with Crippen molar-refractivity contribution in [3.05, 3.63) is 98.8 Å². The molecule has 0 bridgehead atoms. The summed E-state index contributed by atoms with van der Waals surface area (Å²) in [7, 11) is 1.58. The van der Waals surface area contributed by atoms with Gasteiger partial charge in [0.25, 0.3) is 11.2 Å². The first-order valence-electron chi connectivity index (χ1n) is 10.2. The lowest BCUT2D eigenvalue weighted by molar-refractivity contribution is -0.384. The Morgan fingerprint density at radius 2 is 1.79 bits per heavy atom. The van der Waals surface area contributed by atoms with E-state index in [0.29, 0.717) is 27.9 Å². The molecular weight excluding hydrogens is 422 g/mol. The maximum absolute atomic E-state index is 13.7. The minimum atomic E-state index is -0.483. The average Bonchev–Trinajstić information content (AvgIpc) is 3.19. The number of hydrogen-bond acceptors (Lipinski definition) is 6. The molecule has 9 nitrogen and oxygen atoms in total. The highest BCUT2D eigenvalue weighted by molar-refractivity contribution is 6.07. The van der Waals surface area contributed by atoms with Crippen LogP contribution in [0.25, 0.3) is 27.5 Å². The molecule has 2 aromatic heterocycles. The van der Waals surface area contributed by atoms with E-state index in [1.54, 1.807) is 25.3 Å². The molecule has 0 aliphatic heterocycles. The van der Waals surface area contributed by atoms with Gasteiger partial charge in [-0.1, -0.05) is 30.3 Å². The third-order valence-electron chi connectivity index (χ3n) is 5.62. The van der Waals surface area contributed by atoms with Gasteiger partial charge in [0.2, 0.25) is 0 Å². The van der Waals surface area contributed by atoms with E-state index in [2.05, 4.69) is 5.10 Å². The summed E-state index contributed by atoms with van der Waals surface area (Å²) in [4.78, 5) is 24.6. The van der Waals surface area contributed by atoms with Gasteiger partial charge >= 0.3 is 0 Å². The monoisotopic (exact) mass is 441 g/mol. The van der Waals surface area contributed by atoms with Crippen molar-refractivity contribution in [3.63, 3.8) is 0 Å². The molecule has 0 aliphatic rings. The molecule has 0 fully saturated rings. The lowest BCUT2D eigenvalue weighted by Crippen LogP contribution is -2.22. The number of methoxy groups -OCH3 is 1. The summed E-state index contributed by atoms with van der Waals surface area (Å²) in [6.07, 6.45) is 0. The van der Waals surface area contributed by atoms with Gasteiger partial charge in [0.15, 0.2) is 0 Å². The number of benzene rings is 3. The highest BCUT2D eigenvalue weighted by Gasteiger charge is 2.21. The molecule has 164 valence electrons. The minimum Gasteiger partial charge on any atom is -0.497 e. The Bertz CT molecular complexity index is 1570. The lowest BCUT2D eigenvalue weighted by Gasteiger charge is -2.12. The zero-order valence-corrected chi connectivity index (χ0v) is 17.6. The van der Waals surface area contributed by atoms with Crippen molar-refractivity contribution in [2.24, 2.45) is 0 Å². The Morgan fingerprint density at radius 3 is 2.45 bits per heavy atom. The number of ether oxygens (including phenoxy) is 1. The van der Waals surface area contributed by atoms with Crippen LogP contribution in [0.3, 0.4) is 0 Å². The molecule has 0 saturated carbocycles. The molecule has 0 unspecified atom stereocenters. The zero-order valence-electron chi connectivity index (χ0n) is 17.6. The van der Waals surface area contributed by atoms with Gasteiger partial charge in [-0.3, -0.25) is 14.9 Å².